The summed E-state index contributed by atoms with van der Waals surface area (Å²) in [6.45, 7) is 4.11. The van der Waals surface area contributed by atoms with Gasteiger partial charge in [-0.25, -0.2) is 4.79 Å². The first-order valence-electron chi connectivity index (χ1n) is 7.27. The zero-order valence-corrected chi connectivity index (χ0v) is 13.2. The van der Waals surface area contributed by atoms with Gasteiger partial charge in [-0.1, -0.05) is 25.1 Å². The predicted molar refractivity (Wildman–Crippen MR) is 81.6 cm³/mol. The molecule has 22 heavy (non-hydrogen) atoms. The minimum atomic E-state index is -0.877. The van der Waals surface area contributed by atoms with Gasteiger partial charge in [0.15, 0.2) is 12.2 Å². The van der Waals surface area contributed by atoms with Crippen molar-refractivity contribution in [2.45, 2.75) is 32.5 Å². The van der Waals surface area contributed by atoms with E-state index < -0.39 is 18.2 Å². The van der Waals surface area contributed by atoms with Crippen LogP contribution in [0.15, 0.2) is 30.3 Å². The fourth-order valence-corrected chi connectivity index (χ4v) is 1.69. The van der Waals surface area contributed by atoms with Crippen LogP contribution in [0.3, 0.4) is 0 Å². The SMILES string of the molecule is CC[C@@H](Oc1ccccc1)C(=O)O[C@@H](C)C(=O)NCCOC. The van der Waals surface area contributed by atoms with Crippen LogP contribution in [0.4, 0.5) is 0 Å². The third-order valence-electron chi connectivity index (χ3n) is 2.92. The third-order valence-corrected chi connectivity index (χ3v) is 2.92. The highest BCUT2D eigenvalue weighted by Gasteiger charge is 2.25. The average molecular weight is 309 g/mol. The molecule has 0 aliphatic rings. The molecular formula is C16H23NO5. The van der Waals surface area contributed by atoms with Crippen molar-refractivity contribution in [3.8, 4) is 5.75 Å². The molecule has 1 amide bonds. The smallest absolute Gasteiger partial charge is 0.348 e. The number of carbonyl (C=O) groups excluding carboxylic acids is 2. The van der Waals surface area contributed by atoms with E-state index in [0.29, 0.717) is 25.3 Å². The first-order chi connectivity index (χ1) is 10.6. The summed E-state index contributed by atoms with van der Waals surface area (Å²) in [5.74, 6) is -0.329. The van der Waals surface area contributed by atoms with E-state index in [-0.39, 0.29) is 5.91 Å². The molecule has 6 heteroatoms. The van der Waals surface area contributed by atoms with E-state index in [1.807, 2.05) is 25.1 Å². The molecule has 2 atom stereocenters. The van der Waals surface area contributed by atoms with Gasteiger partial charge in [0.1, 0.15) is 5.75 Å². The second-order valence-corrected chi connectivity index (χ2v) is 4.69. The maximum Gasteiger partial charge on any atom is 0.348 e. The zero-order valence-electron chi connectivity index (χ0n) is 13.2. The van der Waals surface area contributed by atoms with Gasteiger partial charge >= 0.3 is 5.97 Å². The molecule has 0 heterocycles. The topological polar surface area (TPSA) is 73.9 Å². The van der Waals surface area contributed by atoms with Crippen molar-refractivity contribution in [1.82, 2.24) is 5.32 Å². The highest BCUT2D eigenvalue weighted by atomic mass is 16.6. The van der Waals surface area contributed by atoms with Gasteiger partial charge in [-0.15, -0.1) is 0 Å². The number of methoxy groups -OCH3 is 1. The number of para-hydroxylation sites is 1. The van der Waals surface area contributed by atoms with E-state index in [1.54, 1.807) is 19.2 Å². The molecule has 0 radical (unpaired) electrons. The number of nitrogens with one attached hydrogen (secondary N) is 1. The average Bonchev–Trinajstić information content (AvgIpc) is 2.53. The fraction of sp³-hybridized carbons (Fsp3) is 0.500. The molecule has 1 N–H and O–H groups in total. The Bertz CT molecular complexity index is 463. The van der Waals surface area contributed by atoms with Gasteiger partial charge in [-0.3, -0.25) is 4.79 Å². The van der Waals surface area contributed by atoms with Crippen LogP contribution in [0.2, 0.25) is 0 Å². The predicted octanol–water partition coefficient (Wildman–Crippen LogP) is 1.54. The highest BCUT2D eigenvalue weighted by molar-refractivity contribution is 5.84. The summed E-state index contributed by atoms with van der Waals surface area (Å²) in [4.78, 5) is 23.8. The largest absolute Gasteiger partial charge is 0.479 e. The molecule has 0 fully saturated rings. The molecule has 0 aromatic heterocycles. The molecule has 0 bridgehead atoms. The van der Waals surface area contributed by atoms with Gasteiger partial charge < -0.3 is 19.5 Å². The molecule has 0 unspecified atom stereocenters. The molecule has 0 aliphatic heterocycles. The van der Waals surface area contributed by atoms with E-state index in [9.17, 15) is 9.59 Å². The number of benzene rings is 1. The maximum atomic E-state index is 12.1. The number of esters is 1. The highest BCUT2D eigenvalue weighted by Crippen LogP contribution is 2.13. The van der Waals surface area contributed by atoms with Crippen LogP contribution >= 0.6 is 0 Å². The first-order valence-corrected chi connectivity index (χ1v) is 7.27. The van der Waals surface area contributed by atoms with Crippen LogP contribution in [-0.4, -0.2) is 44.3 Å². The van der Waals surface area contributed by atoms with E-state index in [2.05, 4.69) is 5.32 Å². The second-order valence-electron chi connectivity index (χ2n) is 4.69. The number of hydrogen-bond donors (Lipinski definition) is 1. The Hall–Kier alpha value is -2.08. The van der Waals surface area contributed by atoms with Gasteiger partial charge in [0.2, 0.25) is 0 Å². The zero-order chi connectivity index (χ0) is 16.4. The molecule has 0 aliphatic carbocycles. The molecule has 0 spiro atoms. The van der Waals surface area contributed by atoms with Crippen molar-refractivity contribution in [1.29, 1.82) is 0 Å². The lowest BCUT2D eigenvalue weighted by molar-refractivity contribution is -0.161. The number of ether oxygens (including phenoxy) is 3. The van der Waals surface area contributed by atoms with Crippen LogP contribution in [-0.2, 0) is 19.1 Å². The first kappa shape index (κ1) is 18.0. The standard InChI is InChI=1S/C16H23NO5/c1-4-14(22-13-8-6-5-7-9-13)16(19)21-12(2)15(18)17-10-11-20-3/h5-9,12,14H,4,10-11H2,1-3H3,(H,17,18)/t12-,14+/m0/s1. The molecule has 0 saturated heterocycles. The number of amides is 1. The molecule has 1 aromatic rings. The van der Waals surface area contributed by atoms with Crippen LogP contribution in [0, 0.1) is 0 Å². The van der Waals surface area contributed by atoms with Crippen molar-refractivity contribution >= 4 is 11.9 Å². The van der Waals surface area contributed by atoms with E-state index in [4.69, 9.17) is 14.2 Å². The third kappa shape index (κ3) is 6.13. The Balaban J connectivity index is 2.48. The lowest BCUT2D eigenvalue weighted by Crippen LogP contribution is -2.40. The van der Waals surface area contributed by atoms with Crippen molar-refractivity contribution < 1.29 is 23.8 Å². The summed E-state index contributed by atoms with van der Waals surface area (Å²) in [7, 11) is 1.54. The Kier molecular flexibility index (Phi) is 7.99. The maximum absolute atomic E-state index is 12.1. The fourth-order valence-electron chi connectivity index (χ4n) is 1.69. The number of carbonyl (C=O) groups is 2. The van der Waals surface area contributed by atoms with Crippen molar-refractivity contribution in [3.05, 3.63) is 30.3 Å². The summed E-state index contributed by atoms with van der Waals surface area (Å²) in [6.07, 6.45) is -1.17. The van der Waals surface area contributed by atoms with Crippen molar-refractivity contribution in [3.63, 3.8) is 0 Å². The minimum Gasteiger partial charge on any atom is -0.479 e. The van der Waals surface area contributed by atoms with Crippen molar-refractivity contribution in [2.24, 2.45) is 0 Å². The van der Waals surface area contributed by atoms with Gasteiger partial charge in [-0.2, -0.15) is 0 Å². The molecule has 6 nitrogen and oxygen atoms in total. The van der Waals surface area contributed by atoms with Gasteiger partial charge in [0, 0.05) is 13.7 Å². The van der Waals surface area contributed by atoms with E-state index in [1.165, 1.54) is 6.92 Å². The van der Waals surface area contributed by atoms with Crippen molar-refractivity contribution in [2.75, 3.05) is 20.3 Å². The molecule has 1 aromatic carbocycles. The van der Waals surface area contributed by atoms with Gasteiger partial charge in [-0.05, 0) is 25.5 Å². The Morgan fingerprint density at radius 1 is 1.23 bits per heavy atom. The van der Waals surface area contributed by atoms with Crippen LogP contribution < -0.4 is 10.1 Å². The number of hydrogen-bond acceptors (Lipinski definition) is 5. The summed E-state index contributed by atoms with van der Waals surface area (Å²) < 4.78 is 15.6. The van der Waals surface area contributed by atoms with Crippen LogP contribution in [0.1, 0.15) is 20.3 Å². The minimum absolute atomic E-state index is 0.361. The summed E-state index contributed by atoms with van der Waals surface area (Å²) in [5.41, 5.74) is 0. The summed E-state index contributed by atoms with van der Waals surface area (Å²) in [5, 5.41) is 2.61. The number of rotatable bonds is 9. The van der Waals surface area contributed by atoms with Gasteiger partial charge in [0.25, 0.3) is 5.91 Å². The van der Waals surface area contributed by atoms with E-state index in [0.717, 1.165) is 0 Å². The quantitative estimate of drug-likeness (QED) is 0.553. The van der Waals surface area contributed by atoms with Gasteiger partial charge in [0.05, 0.1) is 6.61 Å². The summed E-state index contributed by atoms with van der Waals surface area (Å²) >= 11 is 0. The lowest BCUT2D eigenvalue weighted by atomic mass is 10.2. The summed E-state index contributed by atoms with van der Waals surface area (Å²) in [6, 6.07) is 9.02. The lowest BCUT2D eigenvalue weighted by Gasteiger charge is -2.19. The Labute approximate surface area is 130 Å². The monoisotopic (exact) mass is 309 g/mol. The van der Waals surface area contributed by atoms with Crippen LogP contribution in [0.25, 0.3) is 0 Å². The van der Waals surface area contributed by atoms with E-state index >= 15 is 0 Å². The molecule has 1 rings (SSSR count). The molecule has 122 valence electrons. The molecule has 0 saturated carbocycles. The normalized spacial score (nSPS) is 13.0. The Morgan fingerprint density at radius 2 is 1.91 bits per heavy atom. The second kappa shape index (κ2) is 9.78. The Morgan fingerprint density at radius 3 is 2.50 bits per heavy atom. The molecular weight excluding hydrogens is 286 g/mol. The van der Waals surface area contributed by atoms with Crippen LogP contribution in [0.5, 0.6) is 5.75 Å².